The van der Waals surface area contributed by atoms with Gasteiger partial charge in [-0.2, -0.15) is 0 Å². The number of hydrogen-bond donors (Lipinski definition) is 1. The molecular formula is C17H26O2. The van der Waals surface area contributed by atoms with Gasteiger partial charge in [0.1, 0.15) is 0 Å². The van der Waals surface area contributed by atoms with E-state index in [2.05, 4.69) is 37.3 Å². The predicted molar refractivity (Wildman–Crippen MR) is 78.2 cm³/mol. The molecule has 1 aliphatic rings. The number of hydrogen-bond acceptors (Lipinski definition) is 2. The van der Waals surface area contributed by atoms with E-state index in [-0.39, 0.29) is 11.7 Å². The number of rotatable bonds is 5. The normalized spacial score (nSPS) is 28.0. The van der Waals surface area contributed by atoms with Crippen molar-refractivity contribution in [3.8, 4) is 0 Å². The third kappa shape index (κ3) is 4.32. The number of benzene rings is 1. The fourth-order valence-electron chi connectivity index (χ4n) is 3.02. The van der Waals surface area contributed by atoms with Gasteiger partial charge >= 0.3 is 0 Å². The first-order valence-electron chi connectivity index (χ1n) is 7.60. The van der Waals surface area contributed by atoms with Gasteiger partial charge in [-0.25, -0.2) is 0 Å². The molecule has 19 heavy (non-hydrogen) atoms. The van der Waals surface area contributed by atoms with Gasteiger partial charge < -0.3 is 9.84 Å². The zero-order chi connectivity index (χ0) is 13.6. The van der Waals surface area contributed by atoms with E-state index in [9.17, 15) is 5.11 Å². The van der Waals surface area contributed by atoms with E-state index in [1.165, 1.54) is 5.56 Å². The highest BCUT2D eigenvalue weighted by molar-refractivity contribution is 5.17. The molecule has 0 aromatic heterocycles. The van der Waals surface area contributed by atoms with Gasteiger partial charge in [-0.3, -0.25) is 0 Å². The summed E-state index contributed by atoms with van der Waals surface area (Å²) in [5.41, 5.74) is 1.28. The first-order chi connectivity index (χ1) is 9.24. The fraction of sp³-hybridized carbons (Fsp3) is 0.647. The molecule has 1 aromatic rings. The largest absolute Gasteiger partial charge is 0.393 e. The Morgan fingerprint density at radius 1 is 1.21 bits per heavy atom. The van der Waals surface area contributed by atoms with E-state index < -0.39 is 0 Å². The van der Waals surface area contributed by atoms with Gasteiger partial charge in [-0.1, -0.05) is 37.3 Å². The minimum absolute atomic E-state index is 0.0607. The highest BCUT2D eigenvalue weighted by Gasteiger charge is 2.33. The second-order valence-electron chi connectivity index (χ2n) is 5.78. The Balaban J connectivity index is 2.09. The quantitative estimate of drug-likeness (QED) is 0.820. The fourth-order valence-corrected chi connectivity index (χ4v) is 3.02. The molecule has 1 aromatic carbocycles. The molecule has 2 unspecified atom stereocenters. The zero-order valence-electron chi connectivity index (χ0n) is 12.0. The Morgan fingerprint density at radius 3 is 2.74 bits per heavy atom. The van der Waals surface area contributed by atoms with Crippen LogP contribution >= 0.6 is 0 Å². The van der Waals surface area contributed by atoms with Crippen LogP contribution in [0.2, 0.25) is 0 Å². The van der Waals surface area contributed by atoms with Crippen molar-refractivity contribution in [1.82, 2.24) is 0 Å². The van der Waals surface area contributed by atoms with Gasteiger partial charge in [0.2, 0.25) is 0 Å². The average molecular weight is 262 g/mol. The smallest absolute Gasteiger partial charge is 0.0723 e. The topological polar surface area (TPSA) is 29.5 Å². The lowest BCUT2D eigenvalue weighted by Crippen LogP contribution is -2.35. The second-order valence-corrected chi connectivity index (χ2v) is 5.78. The van der Waals surface area contributed by atoms with Gasteiger partial charge in [0.05, 0.1) is 11.7 Å². The highest BCUT2D eigenvalue weighted by Crippen LogP contribution is 2.34. The monoisotopic (exact) mass is 262 g/mol. The molecule has 0 bridgehead atoms. The lowest BCUT2D eigenvalue weighted by Gasteiger charge is -2.33. The minimum Gasteiger partial charge on any atom is -0.393 e. The Morgan fingerprint density at radius 2 is 2.00 bits per heavy atom. The molecule has 0 amide bonds. The van der Waals surface area contributed by atoms with Crippen molar-refractivity contribution in [3.63, 3.8) is 0 Å². The Bertz CT molecular complexity index is 359. The summed E-state index contributed by atoms with van der Waals surface area (Å²) < 4.78 is 6.24. The highest BCUT2D eigenvalue weighted by atomic mass is 16.5. The molecule has 1 fully saturated rings. The van der Waals surface area contributed by atoms with Gasteiger partial charge in [0.15, 0.2) is 0 Å². The molecule has 1 N–H and O–H groups in total. The first kappa shape index (κ1) is 14.5. The van der Waals surface area contributed by atoms with Gasteiger partial charge in [0, 0.05) is 13.0 Å². The van der Waals surface area contributed by atoms with Gasteiger partial charge in [0.25, 0.3) is 0 Å². The van der Waals surface area contributed by atoms with Crippen molar-refractivity contribution in [2.24, 2.45) is 0 Å². The Labute approximate surface area is 116 Å². The van der Waals surface area contributed by atoms with Crippen LogP contribution in [-0.2, 0) is 11.2 Å². The molecule has 1 aliphatic carbocycles. The summed E-state index contributed by atoms with van der Waals surface area (Å²) >= 11 is 0. The van der Waals surface area contributed by atoms with Crippen LogP contribution in [0.5, 0.6) is 0 Å². The third-order valence-corrected chi connectivity index (χ3v) is 4.08. The van der Waals surface area contributed by atoms with Crippen molar-refractivity contribution in [2.75, 3.05) is 6.61 Å². The maximum atomic E-state index is 9.86. The lowest BCUT2D eigenvalue weighted by molar-refractivity contribution is -0.0575. The maximum absolute atomic E-state index is 9.86. The molecule has 2 nitrogen and oxygen atoms in total. The molecule has 0 radical (unpaired) electrons. The molecule has 0 spiro atoms. The van der Waals surface area contributed by atoms with Crippen molar-refractivity contribution < 1.29 is 9.84 Å². The number of ether oxygens (including phenoxy) is 1. The molecule has 0 aliphatic heterocycles. The summed E-state index contributed by atoms with van der Waals surface area (Å²) in [7, 11) is 0. The van der Waals surface area contributed by atoms with Crippen molar-refractivity contribution in [1.29, 1.82) is 0 Å². The summed E-state index contributed by atoms with van der Waals surface area (Å²) in [5.74, 6) is 0. The zero-order valence-corrected chi connectivity index (χ0v) is 12.0. The summed E-state index contributed by atoms with van der Waals surface area (Å²) in [6.45, 7) is 2.98. The second kappa shape index (κ2) is 7.06. The van der Waals surface area contributed by atoms with Crippen LogP contribution in [0.1, 0.15) is 51.0 Å². The standard InChI is InChI=1S/C17H26O2/c1-2-13-19-17(11-6-9-16(18)10-12-17)14-15-7-4-3-5-8-15/h3-5,7-8,16,18H,2,6,9-14H2,1H3. The van der Waals surface area contributed by atoms with Crippen molar-refractivity contribution in [2.45, 2.75) is 63.6 Å². The van der Waals surface area contributed by atoms with Crippen LogP contribution in [0.25, 0.3) is 0 Å². The number of aliphatic hydroxyl groups is 1. The Kier molecular flexibility index (Phi) is 5.41. The molecule has 0 saturated heterocycles. The predicted octanol–water partition coefficient (Wildman–Crippen LogP) is 3.72. The molecule has 2 rings (SSSR count). The van der Waals surface area contributed by atoms with Gasteiger partial charge in [-0.15, -0.1) is 0 Å². The van der Waals surface area contributed by atoms with Crippen molar-refractivity contribution >= 4 is 0 Å². The SMILES string of the molecule is CCCOC1(Cc2ccccc2)CCCC(O)CC1. The third-order valence-electron chi connectivity index (χ3n) is 4.08. The van der Waals surface area contributed by atoms with Crippen LogP contribution < -0.4 is 0 Å². The molecule has 106 valence electrons. The van der Waals surface area contributed by atoms with Crippen LogP contribution in [0.3, 0.4) is 0 Å². The van der Waals surface area contributed by atoms with E-state index >= 15 is 0 Å². The maximum Gasteiger partial charge on any atom is 0.0723 e. The van der Waals surface area contributed by atoms with Crippen LogP contribution in [0.15, 0.2) is 30.3 Å². The van der Waals surface area contributed by atoms with Crippen molar-refractivity contribution in [3.05, 3.63) is 35.9 Å². The summed E-state index contributed by atoms with van der Waals surface area (Å²) in [5, 5.41) is 9.86. The average Bonchev–Trinajstić information content (AvgIpc) is 2.61. The first-order valence-corrected chi connectivity index (χ1v) is 7.60. The summed E-state index contributed by atoms with van der Waals surface area (Å²) in [6.07, 6.45) is 6.80. The Hall–Kier alpha value is -0.860. The molecular weight excluding hydrogens is 236 g/mol. The van der Waals surface area contributed by atoms with E-state index in [0.717, 1.165) is 51.6 Å². The lowest BCUT2D eigenvalue weighted by atomic mass is 9.87. The van der Waals surface area contributed by atoms with E-state index in [1.807, 2.05) is 0 Å². The molecule has 1 saturated carbocycles. The molecule has 2 heteroatoms. The minimum atomic E-state index is -0.136. The van der Waals surface area contributed by atoms with Gasteiger partial charge in [-0.05, 0) is 44.1 Å². The summed E-state index contributed by atoms with van der Waals surface area (Å²) in [6, 6.07) is 10.6. The van der Waals surface area contributed by atoms with E-state index in [4.69, 9.17) is 4.74 Å². The molecule has 2 atom stereocenters. The molecule has 0 heterocycles. The summed E-state index contributed by atoms with van der Waals surface area (Å²) in [4.78, 5) is 0. The van der Waals surface area contributed by atoms with E-state index in [1.54, 1.807) is 0 Å². The van der Waals surface area contributed by atoms with Crippen LogP contribution in [-0.4, -0.2) is 23.4 Å². The van der Waals surface area contributed by atoms with E-state index in [0.29, 0.717) is 0 Å². The number of aliphatic hydroxyl groups excluding tert-OH is 1. The van der Waals surface area contributed by atoms with Crippen LogP contribution in [0.4, 0.5) is 0 Å². The van der Waals surface area contributed by atoms with Crippen LogP contribution in [0, 0.1) is 0 Å².